The van der Waals surface area contributed by atoms with Crippen LogP contribution >= 0.6 is 0 Å². The predicted octanol–water partition coefficient (Wildman–Crippen LogP) is 3.00. The molecule has 0 unspecified atom stereocenters. The summed E-state index contributed by atoms with van der Waals surface area (Å²) in [6, 6.07) is 16.3. The van der Waals surface area contributed by atoms with Crippen LogP contribution in [-0.2, 0) is 0 Å². The molecule has 1 heterocycles. The second kappa shape index (κ2) is 6.64. The molecule has 0 aromatic heterocycles. The van der Waals surface area contributed by atoms with E-state index < -0.39 is 11.7 Å². The summed E-state index contributed by atoms with van der Waals surface area (Å²) in [6.45, 7) is 0.129. The van der Waals surface area contributed by atoms with Crippen LogP contribution in [0.4, 0.5) is 4.39 Å². The van der Waals surface area contributed by atoms with Gasteiger partial charge in [-0.2, -0.15) is 0 Å². The lowest BCUT2D eigenvalue weighted by atomic mass is 10.0. The van der Waals surface area contributed by atoms with Crippen LogP contribution in [0.1, 0.15) is 31.1 Å². The summed E-state index contributed by atoms with van der Waals surface area (Å²) in [6.07, 6.45) is 0. The number of nitrogens with zero attached hydrogens (tertiary/aromatic N) is 1. The molecule has 4 rings (SSSR count). The van der Waals surface area contributed by atoms with Gasteiger partial charge in [0, 0.05) is 18.7 Å². The summed E-state index contributed by atoms with van der Waals surface area (Å²) < 4.78 is 13.2. The molecular formula is C21H15FN2O3. The molecule has 0 spiro atoms. The van der Waals surface area contributed by atoms with Crippen LogP contribution in [0.2, 0.25) is 0 Å². The number of benzene rings is 3. The quantitative estimate of drug-likeness (QED) is 0.726. The third-order valence-corrected chi connectivity index (χ3v) is 4.54. The lowest BCUT2D eigenvalue weighted by Crippen LogP contribution is -2.38. The third kappa shape index (κ3) is 3.06. The van der Waals surface area contributed by atoms with Crippen molar-refractivity contribution < 1.29 is 18.8 Å². The lowest BCUT2D eigenvalue weighted by molar-refractivity contribution is 0.0650. The second-order valence-electron chi connectivity index (χ2n) is 6.27. The molecule has 0 aliphatic carbocycles. The highest BCUT2D eigenvalue weighted by molar-refractivity contribution is 6.23. The van der Waals surface area contributed by atoms with Gasteiger partial charge < -0.3 is 5.32 Å². The number of carbonyl (C=O) groups is 3. The molecule has 1 aliphatic rings. The molecule has 3 aromatic rings. The molecule has 0 saturated heterocycles. The molecule has 6 heteroatoms. The van der Waals surface area contributed by atoms with E-state index in [9.17, 15) is 18.8 Å². The van der Waals surface area contributed by atoms with E-state index in [-0.39, 0.29) is 30.5 Å². The Kier molecular flexibility index (Phi) is 4.16. The molecule has 0 atom stereocenters. The van der Waals surface area contributed by atoms with Gasteiger partial charge in [0.05, 0.1) is 11.1 Å². The molecule has 1 aliphatic heterocycles. The zero-order valence-electron chi connectivity index (χ0n) is 14.2. The molecule has 0 fully saturated rings. The summed E-state index contributed by atoms with van der Waals surface area (Å²) >= 11 is 0. The molecule has 3 amide bonds. The molecule has 1 N–H and O–H groups in total. The zero-order valence-corrected chi connectivity index (χ0v) is 14.2. The van der Waals surface area contributed by atoms with Crippen molar-refractivity contribution in [2.75, 3.05) is 13.1 Å². The maximum absolute atomic E-state index is 13.2. The highest BCUT2D eigenvalue weighted by atomic mass is 19.1. The number of imide groups is 1. The highest BCUT2D eigenvalue weighted by Gasteiger charge is 2.35. The highest BCUT2D eigenvalue weighted by Crippen LogP contribution is 2.27. The Bertz CT molecular complexity index is 1040. The van der Waals surface area contributed by atoms with Crippen molar-refractivity contribution in [3.8, 4) is 0 Å². The first-order valence-corrected chi connectivity index (χ1v) is 8.47. The standard InChI is InChI=1S/C21H15FN2O3/c22-16-7-3-6-15(10-16)19(25)23-8-9-24-20(26)17-11-13-4-1-2-5-14(13)12-18(17)21(24)27/h1-7,10-12H,8-9H2,(H,23,25). The first kappa shape index (κ1) is 16.9. The van der Waals surface area contributed by atoms with Gasteiger partial charge in [-0.15, -0.1) is 0 Å². The molecule has 0 radical (unpaired) electrons. The summed E-state index contributed by atoms with van der Waals surface area (Å²) in [7, 11) is 0. The fourth-order valence-electron chi connectivity index (χ4n) is 3.19. The van der Waals surface area contributed by atoms with Crippen LogP contribution in [0.5, 0.6) is 0 Å². The number of rotatable bonds is 4. The van der Waals surface area contributed by atoms with Crippen LogP contribution in [0, 0.1) is 5.82 Å². The molecule has 0 bridgehead atoms. The first-order valence-electron chi connectivity index (χ1n) is 8.47. The van der Waals surface area contributed by atoms with Gasteiger partial charge in [0.15, 0.2) is 0 Å². The smallest absolute Gasteiger partial charge is 0.261 e. The van der Waals surface area contributed by atoms with Crippen molar-refractivity contribution in [2.24, 2.45) is 0 Å². The number of nitrogens with one attached hydrogen (secondary N) is 1. The Labute approximate surface area is 154 Å². The average Bonchev–Trinajstić information content (AvgIpc) is 2.90. The normalized spacial score (nSPS) is 13.1. The largest absolute Gasteiger partial charge is 0.350 e. The van der Waals surface area contributed by atoms with Crippen LogP contribution in [0.15, 0.2) is 60.7 Å². The summed E-state index contributed by atoms with van der Waals surface area (Å²) in [5.41, 5.74) is 0.925. The molecule has 3 aromatic carbocycles. The Morgan fingerprint density at radius 1 is 0.889 bits per heavy atom. The van der Waals surface area contributed by atoms with Gasteiger partial charge in [-0.1, -0.05) is 30.3 Å². The number of hydrogen-bond donors (Lipinski definition) is 1. The Morgan fingerprint density at radius 3 is 2.11 bits per heavy atom. The summed E-state index contributed by atoms with van der Waals surface area (Å²) in [5, 5.41) is 4.38. The number of halogens is 1. The molecule has 134 valence electrons. The molecule has 5 nitrogen and oxygen atoms in total. The van der Waals surface area contributed by atoms with Crippen LogP contribution < -0.4 is 5.32 Å². The summed E-state index contributed by atoms with van der Waals surface area (Å²) in [4.78, 5) is 38.3. The average molecular weight is 362 g/mol. The summed E-state index contributed by atoms with van der Waals surface area (Å²) in [5.74, 6) is -1.71. The fourth-order valence-corrected chi connectivity index (χ4v) is 3.19. The van der Waals surface area contributed by atoms with Crippen LogP contribution in [0.25, 0.3) is 10.8 Å². The van der Waals surface area contributed by atoms with E-state index >= 15 is 0 Å². The van der Waals surface area contributed by atoms with Crippen molar-refractivity contribution >= 4 is 28.5 Å². The zero-order chi connectivity index (χ0) is 19.0. The van der Waals surface area contributed by atoms with Crippen LogP contribution in [-0.4, -0.2) is 35.7 Å². The monoisotopic (exact) mass is 362 g/mol. The van der Waals surface area contributed by atoms with E-state index in [1.807, 2.05) is 24.3 Å². The van der Waals surface area contributed by atoms with Gasteiger partial charge in [0.2, 0.25) is 0 Å². The minimum atomic E-state index is -0.505. The van der Waals surface area contributed by atoms with Crippen LogP contribution in [0.3, 0.4) is 0 Å². The Hall–Kier alpha value is -3.54. The van der Waals surface area contributed by atoms with E-state index in [1.54, 1.807) is 12.1 Å². The first-order chi connectivity index (χ1) is 13.0. The van der Waals surface area contributed by atoms with Gasteiger partial charge in [0.1, 0.15) is 5.82 Å². The molecular weight excluding hydrogens is 347 g/mol. The number of fused-ring (bicyclic) bond motifs is 2. The van der Waals surface area contributed by atoms with Gasteiger partial charge in [-0.3, -0.25) is 19.3 Å². The van der Waals surface area contributed by atoms with Crippen molar-refractivity contribution in [2.45, 2.75) is 0 Å². The van der Waals surface area contributed by atoms with E-state index in [0.717, 1.165) is 21.7 Å². The van der Waals surface area contributed by atoms with E-state index in [2.05, 4.69) is 5.32 Å². The van der Waals surface area contributed by atoms with Gasteiger partial charge in [-0.25, -0.2) is 4.39 Å². The van der Waals surface area contributed by atoms with Crippen molar-refractivity contribution in [1.82, 2.24) is 10.2 Å². The number of carbonyl (C=O) groups excluding carboxylic acids is 3. The van der Waals surface area contributed by atoms with Crippen molar-refractivity contribution in [3.05, 3.63) is 83.2 Å². The van der Waals surface area contributed by atoms with Crippen molar-refractivity contribution in [3.63, 3.8) is 0 Å². The minimum Gasteiger partial charge on any atom is -0.350 e. The lowest BCUT2D eigenvalue weighted by Gasteiger charge is -2.14. The maximum atomic E-state index is 13.2. The van der Waals surface area contributed by atoms with E-state index in [4.69, 9.17) is 0 Å². The van der Waals surface area contributed by atoms with E-state index in [0.29, 0.717) is 11.1 Å². The predicted molar refractivity (Wildman–Crippen MR) is 98.0 cm³/mol. The Morgan fingerprint density at radius 2 is 1.52 bits per heavy atom. The number of hydrogen-bond acceptors (Lipinski definition) is 3. The topological polar surface area (TPSA) is 66.5 Å². The minimum absolute atomic E-state index is 0.0454. The fraction of sp³-hybridized carbons (Fsp3) is 0.0952. The van der Waals surface area contributed by atoms with E-state index in [1.165, 1.54) is 18.2 Å². The Balaban J connectivity index is 1.47. The maximum Gasteiger partial charge on any atom is 0.261 e. The SMILES string of the molecule is O=C(NCCN1C(=O)c2cc3ccccc3cc2C1=O)c1cccc(F)c1. The van der Waals surface area contributed by atoms with Gasteiger partial charge >= 0.3 is 0 Å². The number of amides is 3. The third-order valence-electron chi connectivity index (χ3n) is 4.54. The van der Waals surface area contributed by atoms with Crippen molar-refractivity contribution in [1.29, 1.82) is 0 Å². The molecule has 27 heavy (non-hydrogen) atoms. The second-order valence-corrected chi connectivity index (χ2v) is 6.27. The van der Waals surface area contributed by atoms with Gasteiger partial charge in [0.25, 0.3) is 17.7 Å². The van der Waals surface area contributed by atoms with Gasteiger partial charge in [-0.05, 0) is 41.1 Å². The molecule has 0 saturated carbocycles.